The Morgan fingerprint density at radius 2 is 1.23 bits per heavy atom. The fourth-order valence-corrected chi connectivity index (χ4v) is 1.59. The summed E-state index contributed by atoms with van der Waals surface area (Å²) in [5.41, 5.74) is 0. The molecule has 80 valence electrons. The first-order chi connectivity index (χ1) is 6.41. The Morgan fingerprint density at radius 3 is 1.69 bits per heavy atom. The molecule has 0 aromatic carbocycles. The Labute approximate surface area is 87.8 Å². The molecule has 0 saturated heterocycles. The first-order valence-electron chi connectivity index (χ1n) is 5.46. The number of methoxy groups -OCH3 is 1. The predicted octanol–water partition coefficient (Wildman–Crippen LogP) is 3.99. The third-order valence-corrected chi connectivity index (χ3v) is 2.50. The van der Waals surface area contributed by atoms with Crippen LogP contribution in [0, 0.1) is 0 Å². The second-order valence-electron chi connectivity index (χ2n) is 3.51. The van der Waals surface area contributed by atoms with Gasteiger partial charge in [-0.1, -0.05) is 38.5 Å². The van der Waals surface area contributed by atoms with E-state index in [4.69, 9.17) is 16.3 Å². The first-order valence-corrected chi connectivity index (χ1v) is 6.00. The molecule has 0 aromatic rings. The summed E-state index contributed by atoms with van der Waals surface area (Å²) in [5, 5.41) is 0. The number of unbranched alkanes of at least 4 members (excludes halogenated alkanes) is 7. The molecule has 0 amide bonds. The van der Waals surface area contributed by atoms with E-state index in [1.165, 1.54) is 51.4 Å². The molecule has 0 N–H and O–H groups in total. The molecule has 0 spiro atoms. The van der Waals surface area contributed by atoms with Crippen molar-refractivity contribution < 1.29 is 4.74 Å². The third-order valence-electron chi connectivity index (χ3n) is 2.23. The molecular formula is C11H23ClO. The smallest absolute Gasteiger partial charge is 0.0462 e. The van der Waals surface area contributed by atoms with Gasteiger partial charge in [0.25, 0.3) is 0 Å². The minimum Gasteiger partial charge on any atom is -0.385 e. The monoisotopic (exact) mass is 206 g/mol. The summed E-state index contributed by atoms with van der Waals surface area (Å²) in [4.78, 5) is 0. The largest absolute Gasteiger partial charge is 0.385 e. The van der Waals surface area contributed by atoms with Crippen LogP contribution in [0.5, 0.6) is 0 Å². The molecule has 13 heavy (non-hydrogen) atoms. The van der Waals surface area contributed by atoms with Gasteiger partial charge >= 0.3 is 0 Å². The molecule has 0 heterocycles. The lowest BCUT2D eigenvalue weighted by molar-refractivity contribution is 0.192. The third kappa shape index (κ3) is 12.2. The minimum absolute atomic E-state index is 0.827. The van der Waals surface area contributed by atoms with Gasteiger partial charge < -0.3 is 4.74 Å². The van der Waals surface area contributed by atoms with Crippen molar-refractivity contribution >= 4 is 11.6 Å². The number of rotatable bonds is 10. The zero-order valence-corrected chi connectivity index (χ0v) is 9.61. The van der Waals surface area contributed by atoms with Crippen LogP contribution >= 0.6 is 11.6 Å². The molecular weight excluding hydrogens is 184 g/mol. The van der Waals surface area contributed by atoms with Gasteiger partial charge in [-0.15, -0.1) is 11.6 Å². The second-order valence-corrected chi connectivity index (χ2v) is 3.89. The fraction of sp³-hybridized carbons (Fsp3) is 1.00. The van der Waals surface area contributed by atoms with Crippen molar-refractivity contribution in [1.82, 2.24) is 0 Å². The Kier molecular flexibility index (Phi) is 12.5. The van der Waals surface area contributed by atoms with Crippen LogP contribution in [0.15, 0.2) is 0 Å². The molecule has 0 bridgehead atoms. The van der Waals surface area contributed by atoms with Crippen molar-refractivity contribution in [2.75, 3.05) is 19.6 Å². The SMILES string of the molecule is COCCCCCCCCCCCl. The molecule has 0 aromatic heterocycles. The topological polar surface area (TPSA) is 9.23 Å². The van der Waals surface area contributed by atoms with Crippen molar-refractivity contribution in [3.05, 3.63) is 0 Å². The average Bonchev–Trinajstić information content (AvgIpc) is 2.16. The normalized spacial score (nSPS) is 10.6. The van der Waals surface area contributed by atoms with Gasteiger partial charge in [-0.25, -0.2) is 0 Å². The van der Waals surface area contributed by atoms with Gasteiger partial charge in [0.2, 0.25) is 0 Å². The van der Waals surface area contributed by atoms with Gasteiger partial charge in [0.15, 0.2) is 0 Å². The van der Waals surface area contributed by atoms with E-state index in [1.807, 2.05) is 0 Å². The fourth-order valence-electron chi connectivity index (χ4n) is 1.40. The van der Waals surface area contributed by atoms with Gasteiger partial charge in [0, 0.05) is 19.6 Å². The maximum absolute atomic E-state index is 5.58. The van der Waals surface area contributed by atoms with Crippen LogP contribution in [0.2, 0.25) is 0 Å². The molecule has 1 nitrogen and oxygen atoms in total. The maximum Gasteiger partial charge on any atom is 0.0462 e. The van der Waals surface area contributed by atoms with Crippen LogP contribution in [0.1, 0.15) is 51.4 Å². The van der Waals surface area contributed by atoms with E-state index >= 15 is 0 Å². The van der Waals surface area contributed by atoms with Gasteiger partial charge in [0.05, 0.1) is 0 Å². The van der Waals surface area contributed by atoms with Crippen LogP contribution in [-0.2, 0) is 4.74 Å². The van der Waals surface area contributed by atoms with E-state index in [1.54, 1.807) is 7.11 Å². The molecule has 0 aliphatic rings. The summed E-state index contributed by atoms with van der Waals surface area (Å²) in [5.74, 6) is 0.827. The molecule has 0 saturated carbocycles. The molecule has 0 rings (SSSR count). The van der Waals surface area contributed by atoms with E-state index < -0.39 is 0 Å². The van der Waals surface area contributed by atoms with Gasteiger partial charge in [-0.05, 0) is 12.8 Å². The maximum atomic E-state index is 5.58. The van der Waals surface area contributed by atoms with Gasteiger partial charge in [0.1, 0.15) is 0 Å². The minimum atomic E-state index is 0.827. The van der Waals surface area contributed by atoms with Crippen LogP contribution in [0.4, 0.5) is 0 Å². The molecule has 0 aliphatic heterocycles. The highest BCUT2D eigenvalue weighted by Gasteiger charge is 1.91. The summed E-state index contributed by atoms with van der Waals surface area (Å²) in [7, 11) is 1.77. The van der Waals surface area contributed by atoms with Crippen molar-refractivity contribution in [1.29, 1.82) is 0 Å². The van der Waals surface area contributed by atoms with E-state index in [2.05, 4.69) is 0 Å². The lowest BCUT2D eigenvalue weighted by Gasteiger charge is -2.00. The second kappa shape index (κ2) is 12.2. The first kappa shape index (κ1) is 13.2. The summed E-state index contributed by atoms with van der Waals surface area (Å²) >= 11 is 5.58. The molecule has 0 unspecified atom stereocenters. The summed E-state index contributed by atoms with van der Waals surface area (Å²) in [6.45, 7) is 0.923. The summed E-state index contributed by atoms with van der Waals surface area (Å²) in [6.07, 6.45) is 10.5. The Bertz CT molecular complexity index is 76.2. The molecule has 0 aliphatic carbocycles. The number of alkyl halides is 1. The summed E-state index contributed by atoms with van der Waals surface area (Å²) in [6, 6.07) is 0. The van der Waals surface area contributed by atoms with E-state index in [9.17, 15) is 0 Å². The van der Waals surface area contributed by atoms with Crippen LogP contribution in [0.25, 0.3) is 0 Å². The van der Waals surface area contributed by atoms with E-state index in [-0.39, 0.29) is 0 Å². The molecule has 0 fully saturated rings. The molecule has 2 heteroatoms. The van der Waals surface area contributed by atoms with Crippen molar-refractivity contribution in [3.63, 3.8) is 0 Å². The van der Waals surface area contributed by atoms with Crippen LogP contribution in [-0.4, -0.2) is 19.6 Å². The van der Waals surface area contributed by atoms with Crippen molar-refractivity contribution in [2.45, 2.75) is 51.4 Å². The zero-order valence-electron chi connectivity index (χ0n) is 8.86. The van der Waals surface area contributed by atoms with E-state index in [0.29, 0.717) is 0 Å². The molecule has 0 radical (unpaired) electrons. The summed E-state index contributed by atoms with van der Waals surface area (Å²) < 4.78 is 4.99. The van der Waals surface area contributed by atoms with Crippen molar-refractivity contribution in [3.8, 4) is 0 Å². The number of hydrogen-bond donors (Lipinski definition) is 0. The highest BCUT2D eigenvalue weighted by atomic mass is 35.5. The standard InChI is InChI=1S/C11H23ClO/c1-13-11-9-7-5-3-2-4-6-8-10-12/h2-11H2,1H3. The average molecular weight is 207 g/mol. The zero-order chi connectivity index (χ0) is 9.78. The van der Waals surface area contributed by atoms with Crippen LogP contribution < -0.4 is 0 Å². The Balaban J connectivity index is 2.76. The molecule has 0 atom stereocenters. The Hall–Kier alpha value is 0.250. The quantitative estimate of drug-likeness (QED) is 0.388. The van der Waals surface area contributed by atoms with Crippen LogP contribution in [0.3, 0.4) is 0 Å². The highest BCUT2D eigenvalue weighted by molar-refractivity contribution is 6.17. The predicted molar refractivity (Wildman–Crippen MR) is 59.5 cm³/mol. The Morgan fingerprint density at radius 1 is 0.769 bits per heavy atom. The highest BCUT2D eigenvalue weighted by Crippen LogP contribution is 2.08. The van der Waals surface area contributed by atoms with Gasteiger partial charge in [-0.3, -0.25) is 0 Å². The number of hydrogen-bond acceptors (Lipinski definition) is 1. The van der Waals surface area contributed by atoms with Gasteiger partial charge in [-0.2, -0.15) is 0 Å². The number of halogens is 1. The lowest BCUT2D eigenvalue weighted by atomic mass is 10.1. The number of ether oxygens (including phenoxy) is 1. The van der Waals surface area contributed by atoms with Crippen molar-refractivity contribution in [2.24, 2.45) is 0 Å². The lowest BCUT2D eigenvalue weighted by Crippen LogP contribution is -1.88. The van der Waals surface area contributed by atoms with E-state index in [0.717, 1.165) is 12.5 Å².